The van der Waals surface area contributed by atoms with Gasteiger partial charge in [-0.1, -0.05) is 0 Å². The third-order valence-corrected chi connectivity index (χ3v) is 2.04. The Kier molecular flexibility index (Phi) is 2.90. The predicted octanol–water partition coefficient (Wildman–Crippen LogP) is -0.985. The number of primary amides is 1. The summed E-state index contributed by atoms with van der Waals surface area (Å²) in [4.78, 5) is 18.5. The van der Waals surface area contributed by atoms with Crippen LogP contribution in [0.15, 0.2) is 6.20 Å². The molecule has 0 fully saturated rings. The molecule has 2 rings (SSSR count). The molecule has 0 aliphatic carbocycles. The van der Waals surface area contributed by atoms with Gasteiger partial charge < -0.3 is 22.1 Å². The maximum absolute atomic E-state index is 10.5. The fourth-order valence-electron chi connectivity index (χ4n) is 1.35. The number of carbonyl (C=O) groups is 1. The number of nitrogens with zero attached hydrogens (tertiary/aromatic N) is 3. The number of hydrogen-bond donors (Lipinski definition) is 5. The first-order chi connectivity index (χ1) is 8.16. The summed E-state index contributed by atoms with van der Waals surface area (Å²) in [6.07, 6.45) is 1.60. The summed E-state index contributed by atoms with van der Waals surface area (Å²) in [7, 11) is 0. The molecule has 0 unspecified atom stereocenters. The Bertz CT molecular complexity index is 535. The second kappa shape index (κ2) is 4.51. The molecular formula is C8H12N8O. The Hall–Kier alpha value is -2.58. The largest absolute Gasteiger partial charge is 0.368 e. The van der Waals surface area contributed by atoms with Gasteiger partial charge in [-0.15, -0.1) is 0 Å². The van der Waals surface area contributed by atoms with E-state index in [1.807, 2.05) is 0 Å². The number of hydrogen-bond acceptors (Lipinski definition) is 6. The number of aromatic amines is 1. The lowest BCUT2D eigenvalue weighted by atomic mass is 10.4. The van der Waals surface area contributed by atoms with E-state index in [1.54, 1.807) is 6.20 Å². The smallest absolute Gasteiger partial charge is 0.312 e. The second-order valence-corrected chi connectivity index (χ2v) is 3.28. The van der Waals surface area contributed by atoms with Crippen molar-refractivity contribution >= 4 is 28.8 Å². The zero-order chi connectivity index (χ0) is 12.3. The normalized spacial score (nSPS) is 10.4. The van der Waals surface area contributed by atoms with E-state index in [4.69, 9.17) is 11.5 Å². The average Bonchev–Trinajstić information content (AvgIpc) is 2.71. The van der Waals surface area contributed by atoms with Crippen LogP contribution in [-0.2, 0) is 0 Å². The number of nitrogen functional groups attached to an aromatic ring is 1. The Morgan fingerprint density at radius 2 is 2.24 bits per heavy atom. The zero-order valence-electron chi connectivity index (χ0n) is 8.90. The summed E-state index contributed by atoms with van der Waals surface area (Å²) in [5, 5.41) is 12.7. The van der Waals surface area contributed by atoms with Crippen LogP contribution in [0.4, 0.5) is 16.6 Å². The highest BCUT2D eigenvalue weighted by molar-refractivity contribution is 5.86. The van der Waals surface area contributed by atoms with Crippen molar-refractivity contribution in [1.82, 2.24) is 25.5 Å². The van der Waals surface area contributed by atoms with Crippen molar-refractivity contribution in [1.29, 1.82) is 0 Å². The molecular weight excluding hydrogens is 224 g/mol. The fraction of sp³-hybridized carbons (Fsp3) is 0.250. The predicted molar refractivity (Wildman–Crippen MR) is 62.2 cm³/mol. The van der Waals surface area contributed by atoms with Crippen molar-refractivity contribution in [2.45, 2.75) is 0 Å². The molecule has 7 N–H and O–H groups in total. The number of urea groups is 1. The minimum Gasteiger partial charge on any atom is -0.368 e. The van der Waals surface area contributed by atoms with Gasteiger partial charge in [0.2, 0.25) is 5.95 Å². The molecule has 17 heavy (non-hydrogen) atoms. The molecule has 0 atom stereocenters. The first kappa shape index (κ1) is 10.9. The van der Waals surface area contributed by atoms with Gasteiger partial charge in [-0.3, -0.25) is 5.10 Å². The standard InChI is InChI=1S/C8H12N8O/c9-7-14-5(11-1-2-12-8(10)17)4-3-13-16-6(4)15-7/h3H,1-2H2,(H3,10,12,17)(H4,9,11,13,14,15,16). The number of fused-ring (bicyclic) bond motifs is 1. The molecule has 0 aliphatic heterocycles. The second-order valence-electron chi connectivity index (χ2n) is 3.28. The van der Waals surface area contributed by atoms with Gasteiger partial charge in [0.25, 0.3) is 0 Å². The molecule has 0 bridgehead atoms. The monoisotopic (exact) mass is 236 g/mol. The summed E-state index contributed by atoms with van der Waals surface area (Å²) in [6, 6.07) is -0.567. The summed E-state index contributed by atoms with van der Waals surface area (Å²) in [5.41, 5.74) is 11.0. The van der Waals surface area contributed by atoms with E-state index in [1.165, 1.54) is 0 Å². The van der Waals surface area contributed by atoms with Crippen molar-refractivity contribution in [2.75, 3.05) is 24.1 Å². The summed E-state index contributed by atoms with van der Waals surface area (Å²) in [5.74, 6) is 0.708. The molecule has 0 saturated heterocycles. The molecule has 9 nitrogen and oxygen atoms in total. The molecule has 0 spiro atoms. The number of anilines is 2. The topological polar surface area (TPSA) is 148 Å². The number of H-pyrrole nitrogens is 1. The van der Waals surface area contributed by atoms with Crippen LogP contribution in [0.2, 0.25) is 0 Å². The van der Waals surface area contributed by atoms with Crippen LogP contribution in [0, 0.1) is 0 Å². The first-order valence-electron chi connectivity index (χ1n) is 4.90. The quantitative estimate of drug-likeness (QED) is 0.431. The number of carbonyl (C=O) groups excluding carboxylic acids is 1. The van der Waals surface area contributed by atoms with Gasteiger partial charge >= 0.3 is 6.03 Å². The third-order valence-electron chi connectivity index (χ3n) is 2.04. The van der Waals surface area contributed by atoms with Crippen LogP contribution in [0.25, 0.3) is 11.0 Å². The van der Waals surface area contributed by atoms with E-state index in [2.05, 4.69) is 30.8 Å². The van der Waals surface area contributed by atoms with Gasteiger partial charge in [0.1, 0.15) is 5.82 Å². The maximum atomic E-state index is 10.5. The van der Waals surface area contributed by atoms with E-state index in [0.717, 1.165) is 5.39 Å². The molecule has 2 aromatic rings. The first-order valence-corrected chi connectivity index (χ1v) is 4.90. The third kappa shape index (κ3) is 2.51. The minimum atomic E-state index is -0.567. The van der Waals surface area contributed by atoms with Gasteiger partial charge in [0, 0.05) is 13.1 Å². The fourth-order valence-corrected chi connectivity index (χ4v) is 1.35. The summed E-state index contributed by atoms with van der Waals surface area (Å²) >= 11 is 0. The minimum absolute atomic E-state index is 0.145. The van der Waals surface area contributed by atoms with E-state index in [0.29, 0.717) is 24.6 Å². The van der Waals surface area contributed by atoms with Gasteiger partial charge in [-0.2, -0.15) is 15.1 Å². The van der Waals surface area contributed by atoms with Crippen molar-refractivity contribution < 1.29 is 4.79 Å². The van der Waals surface area contributed by atoms with Gasteiger partial charge in [-0.25, -0.2) is 4.79 Å². The highest BCUT2D eigenvalue weighted by Crippen LogP contribution is 2.17. The molecule has 0 aliphatic rings. The molecule has 2 amide bonds. The number of aromatic nitrogens is 4. The molecule has 2 heterocycles. The molecule has 90 valence electrons. The lowest BCUT2D eigenvalue weighted by molar-refractivity contribution is 0.249. The van der Waals surface area contributed by atoms with Crippen LogP contribution in [0.5, 0.6) is 0 Å². The van der Waals surface area contributed by atoms with Crippen molar-refractivity contribution in [3.63, 3.8) is 0 Å². The Morgan fingerprint density at radius 1 is 1.41 bits per heavy atom. The molecule has 2 aromatic heterocycles. The Labute approximate surface area is 96.0 Å². The summed E-state index contributed by atoms with van der Waals surface area (Å²) in [6.45, 7) is 0.859. The van der Waals surface area contributed by atoms with Crippen LogP contribution in [-0.4, -0.2) is 39.3 Å². The van der Waals surface area contributed by atoms with Crippen LogP contribution in [0.3, 0.4) is 0 Å². The lowest BCUT2D eigenvalue weighted by Crippen LogP contribution is -2.33. The van der Waals surface area contributed by atoms with E-state index in [9.17, 15) is 4.79 Å². The highest BCUT2D eigenvalue weighted by atomic mass is 16.2. The molecule has 0 radical (unpaired) electrons. The SMILES string of the molecule is NC(=O)NCCNc1nc(N)nc2[nH]ncc12. The molecule has 0 aromatic carbocycles. The maximum Gasteiger partial charge on any atom is 0.312 e. The van der Waals surface area contributed by atoms with Gasteiger partial charge in [-0.05, 0) is 0 Å². The van der Waals surface area contributed by atoms with Gasteiger partial charge in [0.05, 0.1) is 11.6 Å². The Morgan fingerprint density at radius 3 is 3.00 bits per heavy atom. The number of nitrogens with one attached hydrogen (secondary N) is 3. The number of nitrogens with two attached hydrogens (primary N) is 2. The molecule has 0 saturated carbocycles. The Balaban J connectivity index is 2.07. The zero-order valence-corrected chi connectivity index (χ0v) is 8.90. The number of amides is 2. The van der Waals surface area contributed by atoms with E-state index in [-0.39, 0.29) is 5.95 Å². The van der Waals surface area contributed by atoms with Crippen LogP contribution >= 0.6 is 0 Å². The van der Waals surface area contributed by atoms with E-state index < -0.39 is 6.03 Å². The van der Waals surface area contributed by atoms with E-state index >= 15 is 0 Å². The summed E-state index contributed by atoms with van der Waals surface area (Å²) < 4.78 is 0. The van der Waals surface area contributed by atoms with Gasteiger partial charge in [0.15, 0.2) is 5.65 Å². The van der Waals surface area contributed by atoms with Crippen molar-refractivity contribution in [2.24, 2.45) is 5.73 Å². The molecule has 9 heteroatoms. The van der Waals surface area contributed by atoms with Crippen molar-refractivity contribution in [3.05, 3.63) is 6.20 Å². The van der Waals surface area contributed by atoms with Crippen LogP contribution in [0.1, 0.15) is 0 Å². The number of rotatable bonds is 4. The highest BCUT2D eigenvalue weighted by Gasteiger charge is 2.06. The van der Waals surface area contributed by atoms with Crippen molar-refractivity contribution in [3.8, 4) is 0 Å². The average molecular weight is 236 g/mol. The lowest BCUT2D eigenvalue weighted by Gasteiger charge is -2.06. The van der Waals surface area contributed by atoms with Crippen LogP contribution < -0.4 is 22.1 Å².